The molecule has 1 heterocycles. The lowest BCUT2D eigenvalue weighted by Gasteiger charge is -2.18. The third-order valence-corrected chi connectivity index (χ3v) is 5.47. The second-order valence-corrected chi connectivity index (χ2v) is 7.21. The summed E-state index contributed by atoms with van der Waals surface area (Å²) in [4.78, 5) is 13.8. The first-order chi connectivity index (χ1) is 10.7. The molecule has 0 saturated carbocycles. The zero-order chi connectivity index (χ0) is 15.4. The summed E-state index contributed by atoms with van der Waals surface area (Å²) in [5.41, 5.74) is 3.56. The molecule has 1 aromatic carbocycles. The van der Waals surface area contributed by atoms with Crippen molar-refractivity contribution in [3.8, 4) is 0 Å². The Balaban J connectivity index is 1.50. The van der Waals surface area contributed by atoms with Crippen LogP contribution in [-0.4, -0.2) is 12.5 Å². The lowest BCUT2D eigenvalue weighted by atomic mass is 9.88. The molecule has 22 heavy (non-hydrogen) atoms. The normalized spacial score (nSPS) is 17.0. The molecule has 1 aliphatic rings. The molecule has 0 spiro atoms. The maximum Gasteiger partial charge on any atom is 0.252 e. The minimum atomic E-state index is 0.111. The summed E-state index contributed by atoms with van der Waals surface area (Å²) in [5, 5.41) is 5.14. The highest BCUT2D eigenvalue weighted by Gasteiger charge is 2.22. The van der Waals surface area contributed by atoms with Gasteiger partial charge in [0.05, 0.1) is 5.56 Å². The van der Waals surface area contributed by atoms with Gasteiger partial charge in [0.2, 0.25) is 0 Å². The Morgan fingerprint density at radius 3 is 2.95 bits per heavy atom. The van der Waals surface area contributed by atoms with Crippen LogP contribution in [0.15, 0.2) is 35.7 Å². The Labute approximate surface area is 136 Å². The van der Waals surface area contributed by atoms with Crippen molar-refractivity contribution < 1.29 is 4.79 Å². The number of hydrogen-bond donors (Lipinski definition) is 1. The number of benzene rings is 1. The zero-order valence-corrected chi connectivity index (χ0v) is 13.9. The predicted molar refractivity (Wildman–Crippen MR) is 92.6 cm³/mol. The monoisotopic (exact) mass is 313 g/mol. The minimum absolute atomic E-state index is 0.111. The Kier molecular flexibility index (Phi) is 4.94. The lowest BCUT2D eigenvalue weighted by molar-refractivity contribution is 0.0952. The smallest absolute Gasteiger partial charge is 0.252 e. The third-order valence-electron chi connectivity index (χ3n) is 4.42. The molecule has 0 unspecified atom stereocenters. The van der Waals surface area contributed by atoms with Crippen molar-refractivity contribution in [3.05, 3.63) is 57.3 Å². The highest BCUT2D eigenvalue weighted by molar-refractivity contribution is 7.10. The number of carbonyl (C=O) groups excluding carboxylic acids is 1. The first-order valence-electron chi connectivity index (χ1n) is 8.15. The summed E-state index contributed by atoms with van der Waals surface area (Å²) in [6.07, 6.45) is 5.41. The Bertz CT molecular complexity index is 632. The van der Waals surface area contributed by atoms with E-state index in [1.54, 1.807) is 11.3 Å². The minimum Gasteiger partial charge on any atom is -0.352 e. The van der Waals surface area contributed by atoms with Crippen LogP contribution in [0.1, 0.15) is 46.1 Å². The number of amides is 1. The van der Waals surface area contributed by atoms with E-state index in [2.05, 4.69) is 41.9 Å². The van der Waals surface area contributed by atoms with E-state index < -0.39 is 0 Å². The van der Waals surface area contributed by atoms with Gasteiger partial charge in [0.1, 0.15) is 0 Å². The molecule has 1 atom stereocenters. The van der Waals surface area contributed by atoms with Crippen molar-refractivity contribution in [2.45, 2.75) is 39.0 Å². The van der Waals surface area contributed by atoms with Crippen molar-refractivity contribution in [1.29, 1.82) is 0 Å². The van der Waals surface area contributed by atoms with E-state index in [1.807, 2.05) is 6.07 Å². The van der Waals surface area contributed by atoms with E-state index in [9.17, 15) is 4.79 Å². The van der Waals surface area contributed by atoms with Crippen molar-refractivity contribution >= 4 is 17.2 Å². The Morgan fingerprint density at radius 2 is 2.14 bits per heavy atom. The number of nitrogens with one attached hydrogen (secondary N) is 1. The zero-order valence-electron chi connectivity index (χ0n) is 13.1. The molecule has 1 aliphatic carbocycles. The van der Waals surface area contributed by atoms with Crippen molar-refractivity contribution in [2.24, 2.45) is 5.92 Å². The molecule has 116 valence electrons. The van der Waals surface area contributed by atoms with Crippen molar-refractivity contribution in [3.63, 3.8) is 0 Å². The molecule has 2 nitrogen and oxygen atoms in total. The number of thiophene rings is 1. The number of aryl methyl sites for hydroxylation is 1. The number of carbonyl (C=O) groups is 1. The van der Waals surface area contributed by atoms with Gasteiger partial charge in [-0.05, 0) is 49.1 Å². The molecule has 0 bridgehead atoms. The fraction of sp³-hybridized carbons (Fsp3) is 0.421. The molecule has 3 heteroatoms. The van der Waals surface area contributed by atoms with Gasteiger partial charge < -0.3 is 5.32 Å². The van der Waals surface area contributed by atoms with Gasteiger partial charge in [-0.1, -0.05) is 37.3 Å². The van der Waals surface area contributed by atoms with Crippen LogP contribution in [0.2, 0.25) is 0 Å². The summed E-state index contributed by atoms with van der Waals surface area (Å²) < 4.78 is 0. The molecule has 1 aromatic heterocycles. The highest BCUT2D eigenvalue weighted by atomic mass is 32.1. The standard InChI is InChI=1S/C19H23NOS/c1-14-9-10-16-17(13-22-18(16)12-14)19(21)20-11-5-8-15-6-3-2-4-7-15/h2-4,6-7,13-14H,5,8-12H2,1H3,(H,20,21)/t14-/m1/s1. The van der Waals surface area contributed by atoms with Crippen LogP contribution in [0.5, 0.6) is 0 Å². The second kappa shape index (κ2) is 7.10. The maximum absolute atomic E-state index is 12.4. The number of hydrogen-bond acceptors (Lipinski definition) is 2. The maximum atomic E-state index is 12.4. The second-order valence-electron chi connectivity index (χ2n) is 6.24. The molecule has 2 aromatic rings. The van der Waals surface area contributed by atoms with Gasteiger partial charge >= 0.3 is 0 Å². The van der Waals surface area contributed by atoms with Crippen LogP contribution in [-0.2, 0) is 19.3 Å². The van der Waals surface area contributed by atoms with Gasteiger partial charge in [0, 0.05) is 16.8 Å². The predicted octanol–water partition coefficient (Wildman–Crippen LogP) is 4.24. The van der Waals surface area contributed by atoms with Gasteiger partial charge in [-0.3, -0.25) is 4.79 Å². The molecular formula is C19H23NOS. The van der Waals surface area contributed by atoms with E-state index in [4.69, 9.17) is 0 Å². The Morgan fingerprint density at radius 1 is 1.32 bits per heavy atom. The van der Waals surface area contributed by atoms with Crippen molar-refractivity contribution in [2.75, 3.05) is 6.54 Å². The molecule has 0 radical (unpaired) electrons. The van der Waals surface area contributed by atoms with Gasteiger partial charge in [-0.2, -0.15) is 0 Å². The largest absolute Gasteiger partial charge is 0.352 e. The first-order valence-corrected chi connectivity index (χ1v) is 9.03. The fourth-order valence-corrected chi connectivity index (χ4v) is 4.35. The molecule has 0 aliphatic heterocycles. The average molecular weight is 313 g/mol. The summed E-state index contributed by atoms with van der Waals surface area (Å²) in [6, 6.07) is 10.4. The molecular weight excluding hydrogens is 290 g/mol. The highest BCUT2D eigenvalue weighted by Crippen LogP contribution is 2.32. The van der Waals surface area contributed by atoms with Crippen LogP contribution < -0.4 is 5.32 Å². The van der Waals surface area contributed by atoms with Crippen LogP contribution in [0, 0.1) is 5.92 Å². The van der Waals surface area contributed by atoms with E-state index >= 15 is 0 Å². The molecule has 0 saturated heterocycles. The quantitative estimate of drug-likeness (QED) is 0.822. The summed E-state index contributed by atoms with van der Waals surface area (Å²) in [5.74, 6) is 0.869. The molecule has 0 fully saturated rings. The molecule has 1 amide bonds. The van der Waals surface area contributed by atoms with Gasteiger partial charge in [-0.15, -0.1) is 11.3 Å². The van der Waals surface area contributed by atoms with Gasteiger partial charge in [-0.25, -0.2) is 0 Å². The number of fused-ring (bicyclic) bond motifs is 1. The van der Waals surface area contributed by atoms with Crippen LogP contribution in [0.4, 0.5) is 0 Å². The topological polar surface area (TPSA) is 29.1 Å². The van der Waals surface area contributed by atoms with Gasteiger partial charge in [0.25, 0.3) is 5.91 Å². The summed E-state index contributed by atoms with van der Waals surface area (Å²) in [6.45, 7) is 3.04. The molecule has 3 rings (SSSR count). The van der Waals surface area contributed by atoms with E-state index in [0.29, 0.717) is 0 Å². The number of rotatable bonds is 5. The fourth-order valence-electron chi connectivity index (χ4n) is 3.10. The lowest BCUT2D eigenvalue weighted by Crippen LogP contribution is -2.26. The van der Waals surface area contributed by atoms with Crippen LogP contribution in [0.25, 0.3) is 0 Å². The SMILES string of the molecule is C[C@@H]1CCc2c(C(=O)NCCCc3ccccc3)csc2C1. The van der Waals surface area contributed by atoms with Crippen LogP contribution in [0.3, 0.4) is 0 Å². The van der Waals surface area contributed by atoms with E-state index in [-0.39, 0.29) is 5.91 Å². The average Bonchev–Trinajstić information content (AvgIpc) is 2.95. The summed E-state index contributed by atoms with van der Waals surface area (Å²) in [7, 11) is 0. The van der Waals surface area contributed by atoms with E-state index in [0.717, 1.165) is 43.7 Å². The van der Waals surface area contributed by atoms with Crippen LogP contribution >= 0.6 is 11.3 Å². The molecule has 1 N–H and O–H groups in total. The summed E-state index contributed by atoms with van der Waals surface area (Å²) >= 11 is 1.76. The van der Waals surface area contributed by atoms with Crippen molar-refractivity contribution in [1.82, 2.24) is 5.32 Å². The van der Waals surface area contributed by atoms with E-state index in [1.165, 1.54) is 22.4 Å². The van der Waals surface area contributed by atoms with Gasteiger partial charge in [0.15, 0.2) is 0 Å². The third kappa shape index (κ3) is 3.58. The Hall–Kier alpha value is -1.61. The first kappa shape index (κ1) is 15.3.